The molecule has 0 atom stereocenters. The lowest BCUT2D eigenvalue weighted by molar-refractivity contribution is -0.0451. The molecule has 0 bridgehead atoms. The van der Waals surface area contributed by atoms with E-state index < -0.39 is 11.0 Å². The molecule has 3 rings (SSSR count). The van der Waals surface area contributed by atoms with Crippen LogP contribution in [-0.4, -0.2) is 34.1 Å². The number of benzene rings is 3. The predicted octanol–water partition coefficient (Wildman–Crippen LogP) is 3.52. The normalized spacial score (nSPS) is 12.1. The minimum Gasteiger partial charge on any atom is -0.396 e. The third-order valence-electron chi connectivity index (χ3n) is 5.37. The number of aliphatic hydroxyl groups excluding tert-OH is 2. The average Bonchev–Trinajstić information content (AvgIpc) is 2.71. The molecule has 140 valence electrons. The molecule has 0 spiro atoms. The fourth-order valence-corrected chi connectivity index (χ4v) is 4.24. The Hall–Kier alpha value is -2.46. The van der Waals surface area contributed by atoms with Crippen LogP contribution in [0.15, 0.2) is 91.0 Å². The summed E-state index contributed by atoms with van der Waals surface area (Å²) in [5, 5.41) is 31.5. The molecule has 0 heterocycles. The van der Waals surface area contributed by atoms with Crippen LogP contribution in [0.5, 0.6) is 0 Å². The maximum absolute atomic E-state index is 12.0. The summed E-state index contributed by atoms with van der Waals surface area (Å²) >= 11 is 0. The Morgan fingerprint density at radius 1 is 0.519 bits per heavy atom. The summed E-state index contributed by atoms with van der Waals surface area (Å²) in [6.07, 6.45) is 0.290. The summed E-state index contributed by atoms with van der Waals surface area (Å²) in [5.41, 5.74) is 0.466. The summed E-state index contributed by atoms with van der Waals surface area (Å²) < 4.78 is 0. The van der Waals surface area contributed by atoms with Crippen molar-refractivity contribution in [3.05, 3.63) is 108 Å². The monoisotopic (exact) mass is 362 g/mol. The van der Waals surface area contributed by atoms with E-state index in [0.717, 1.165) is 16.7 Å². The summed E-state index contributed by atoms with van der Waals surface area (Å²) in [4.78, 5) is 0. The fraction of sp³-hybridized carbons (Fsp3) is 0.250. The summed E-state index contributed by atoms with van der Waals surface area (Å²) in [5.74, 6) is 0. The first-order chi connectivity index (χ1) is 13.2. The Labute approximate surface area is 160 Å². The van der Waals surface area contributed by atoms with Crippen LogP contribution in [0.2, 0.25) is 0 Å². The highest BCUT2D eigenvalue weighted by Gasteiger charge is 2.53. The number of hydrogen-bond donors (Lipinski definition) is 3. The maximum atomic E-state index is 12.0. The van der Waals surface area contributed by atoms with Crippen LogP contribution >= 0.6 is 0 Å². The molecular weight excluding hydrogens is 336 g/mol. The number of aliphatic hydroxyl groups is 3. The SMILES string of the molecule is OCCC(O)(CCO)C(c1ccccc1)(c1ccccc1)c1ccccc1. The van der Waals surface area contributed by atoms with E-state index in [4.69, 9.17) is 0 Å². The molecular formula is C24H26O3. The molecule has 0 saturated carbocycles. The van der Waals surface area contributed by atoms with E-state index in [0.29, 0.717) is 0 Å². The Morgan fingerprint density at radius 2 is 0.815 bits per heavy atom. The summed E-state index contributed by atoms with van der Waals surface area (Å²) in [6.45, 7) is -0.352. The van der Waals surface area contributed by atoms with Crippen LogP contribution in [-0.2, 0) is 5.41 Å². The molecule has 0 radical (unpaired) electrons. The predicted molar refractivity (Wildman–Crippen MR) is 108 cm³/mol. The summed E-state index contributed by atoms with van der Waals surface area (Å²) in [6, 6.07) is 29.6. The second-order valence-electron chi connectivity index (χ2n) is 6.83. The van der Waals surface area contributed by atoms with Crippen molar-refractivity contribution in [1.29, 1.82) is 0 Å². The first kappa shape index (κ1) is 19.3. The Balaban J connectivity index is 2.43. The van der Waals surface area contributed by atoms with Gasteiger partial charge in [0.15, 0.2) is 0 Å². The first-order valence-electron chi connectivity index (χ1n) is 9.30. The second-order valence-corrected chi connectivity index (χ2v) is 6.83. The van der Waals surface area contributed by atoms with Crippen molar-refractivity contribution in [2.75, 3.05) is 13.2 Å². The molecule has 0 saturated heterocycles. The molecule has 0 amide bonds. The van der Waals surface area contributed by atoms with Crippen molar-refractivity contribution in [3.63, 3.8) is 0 Å². The smallest absolute Gasteiger partial charge is 0.0868 e. The van der Waals surface area contributed by atoms with E-state index in [9.17, 15) is 15.3 Å². The lowest BCUT2D eigenvalue weighted by Gasteiger charge is -2.49. The van der Waals surface area contributed by atoms with Gasteiger partial charge in [0, 0.05) is 26.1 Å². The van der Waals surface area contributed by atoms with E-state index in [2.05, 4.69) is 0 Å². The van der Waals surface area contributed by atoms with Crippen molar-refractivity contribution in [2.45, 2.75) is 23.9 Å². The van der Waals surface area contributed by atoms with Gasteiger partial charge in [-0.25, -0.2) is 0 Å². The molecule has 3 nitrogen and oxygen atoms in total. The van der Waals surface area contributed by atoms with Gasteiger partial charge in [-0.05, 0) is 16.7 Å². The minimum atomic E-state index is -1.37. The molecule has 0 aromatic heterocycles. The third-order valence-corrected chi connectivity index (χ3v) is 5.37. The maximum Gasteiger partial charge on any atom is 0.0868 e. The zero-order valence-electron chi connectivity index (χ0n) is 15.3. The van der Waals surface area contributed by atoms with E-state index in [1.54, 1.807) is 0 Å². The second kappa shape index (κ2) is 8.49. The molecule has 3 heteroatoms. The zero-order chi connectivity index (χ0) is 19.2. The molecule has 3 aromatic rings. The average molecular weight is 362 g/mol. The van der Waals surface area contributed by atoms with Gasteiger partial charge < -0.3 is 15.3 Å². The van der Waals surface area contributed by atoms with Gasteiger partial charge in [-0.3, -0.25) is 0 Å². The van der Waals surface area contributed by atoms with E-state index in [-0.39, 0.29) is 26.1 Å². The number of hydrogen-bond acceptors (Lipinski definition) is 3. The Morgan fingerprint density at radius 3 is 1.07 bits per heavy atom. The van der Waals surface area contributed by atoms with Crippen molar-refractivity contribution >= 4 is 0 Å². The quantitative estimate of drug-likeness (QED) is 0.537. The van der Waals surface area contributed by atoms with Gasteiger partial charge in [0.2, 0.25) is 0 Å². The van der Waals surface area contributed by atoms with Gasteiger partial charge in [0.25, 0.3) is 0 Å². The van der Waals surface area contributed by atoms with Crippen LogP contribution in [0.3, 0.4) is 0 Å². The van der Waals surface area contributed by atoms with Gasteiger partial charge in [-0.1, -0.05) is 91.0 Å². The van der Waals surface area contributed by atoms with Gasteiger partial charge >= 0.3 is 0 Å². The highest BCUT2D eigenvalue weighted by atomic mass is 16.3. The molecule has 3 aromatic carbocycles. The van der Waals surface area contributed by atoms with Crippen molar-refractivity contribution in [2.24, 2.45) is 0 Å². The van der Waals surface area contributed by atoms with Crippen molar-refractivity contribution in [1.82, 2.24) is 0 Å². The van der Waals surface area contributed by atoms with Gasteiger partial charge in [-0.2, -0.15) is 0 Å². The zero-order valence-corrected chi connectivity index (χ0v) is 15.3. The van der Waals surface area contributed by atoms with Crippen LogP contribution in [0.1, 0.15) is 29.5 Å². The van der Waals surface area contributed by atoms with Crippen molar-refractivity contribution < 1.29 is 15.3 Å². The van der Waals surface area contributed by atoms with E-state index in [1.165, 1.54) is 0 Å². The highest BCUT2D eigenvalue weighted by Crippen LogP contribution is 2.50. The molecule has 0 aliphatic heterocycles. The summed E-state index contributed by atoms with van der Waals surface area (Å²) in [7, 11) is 0. The van der Waals surface area contributed by atoms with Crippen LogP contribution in [0.4, 0.5) is 0 Å². The largest absolute Gasteiger partial charge is 0.396 e. The minimum absolute atomic E-state index is 0.145. The van der Waals surface area contributed by atoms with Gasteiger partial charge in [-0.15, -0.1) is 0 Å². The standard InChI is InChI=1S/C24H26O3/c25-18-16-23(27,17-19-26)24(20-10-4-1-5-11-20,21-12-6-2-7-13-21)22-14-8-3-9-15-22/h1-15,25-27H,16-19H2. The van der Waals surface area contributed by atoms with Crippen LogP contribution in [0, 0.1) is 0 Å². The lowest BCUT2D eigenvalue weighted by Crippen LogP contribution is -2.54. The molecule has 27 heavy (non-hydrogen) atoms. The lowest BCUT2D eigenvalue weighted by atomic mass is 9.57. The Bertz CT molecular complexity index is 713. The van der Waals surface area contributed by atoms with Gasteiger partial charge in [0.1, 0.15) is 0 Å². The fourth-order valence-electron chi connectivity index (χ4n) is 4.24. The third kappa shape index (κ3) is 3.42. The molecule has 0 aliphatic carbocycles. The molecule has 0 unspecified atom stereocenters. The molecule has 0 aliphatic rings. The Kier molecular flexibility index (Phi) is 6.07. The molecule has 3 N–H and O–H groups in total. The van der Waals surface area contributed by atoms with Crippen molar-refractivity contribution in [3.8, 4) is 0 Å². The first-order valence-corrected chi connectivity index (χ1v) is 9.30. The van der Waals surface area contributed by atoms with Crippen LogP contribution in [0.25, 0.3) is 0 Å². The van der Waals surface area contributed by atoms with E-state index >= 15 is 0 Å². The van der Waals surface area contributed by atoms with Gasteiger partial charge in [0.05, 0.1) is 11.0 Å². The number of rotatable bonds is 8. The molecule has 0 fully saturated rings. The highest BCUT2D eigenvalue weighted by molar-refractivity contribution is 5.54. The van der Waals surface area contributed by atoms with Crippen LogP contribution < -0.4 is 0 Å². The van der Waals surface area contributed by atoms with E-state index in [1.807, 2.05) is 91.0 Å². The topological polar surface area (TPSA) is 60.7 Å².